The highest BCUT2D eigenvalue weighted by molar-refractivity contribution is 7.99. The van der Waals surface area contributed by atoms with Crippen molar-refractivity contribution >= 4 is 29.3 Å². The van der Waals surface area contributed by atoms with Crippen molar-refractivity contribution in [3.8, 4) is 5.69 Å². The molecule has 3 aromatic carbocycles. The fraction of sp³-hybridized carbons (Fsp3) is 0.300. The third kappa shape index (κ3) is 7.39. The molecule has 1 aliphatic rings. The first-order chi connectivity index (χ1) is 20.4. The van der Waals surface area contributed by atoms with Gasteiger partial charge in [-0.25, -0.2) is 0 Å². The van der Waals surface area contributed by atoms with Crippen LogP contribution in [0.3, 0.4) is 0 Å². The van der Waals surface area contributed by atoms with Crippen molar-refractivity contribution in [1.82, 2.24) is 20.2 Å². The number of carbonyl (C=O) groups is 2. The van der Waals surface area contributed by atoms with E-state index in [-0.39, 0.29) is 18.8 Å². The predicted octanol–water partition coefficient (Wildman–Crippen LogP) is 4.38. The van der Waals surface area contributed by atoms with E-state index in [1.807, 2.05) is 60.7 Å². The lowest BCUT2D eigenvalue weighted by molar-refractivity contribution is -0.245. The van der Waals surface area contributed by atoms with Gasteiger partial charge in [-0.15, -0.1) is 5.10 Å². The summed E-state index contributed by atoms with van der Waals surface area (Å²) in [7, 11) is 0. The number of aliphatic hydroxyl groups excluding tert-OH is 1. The molecule has 0 bridgehead atoms. The highest BCUT2D eigenvalue weighted by Gasteiger charge is 2.33. The number of carbonyl (C=O) groups excluding carboxylic acids is 2. The fourth-order valence-corrected chi connectivity index (χ4v) is 5.41. The van der Waals surface area contributed by atoms with Crippen LogP contribution in [0, 0.1) is 0 Å². The molecule has 5 rings (SSSR count). The molecule has 42 heavy (non-hydrogen) atoms. The number of tetrazole rings is 1. The van der Waals surface area contributed by atoms with Crippen LogP contribution in [0.1, 0.15) is 49.4 Å². The topological polar surface area (TPSA) is 138 Å². The molecule has 218 valence electrons. The van der Waals surface area contributed by atoms with Gasteiger partial charge >= 0.3 is 5.97 Å². The zero-order chi connectivity index (χ0) is 29.5. The minimum Gasteiger partial charge on any atom is -0.453 e. The second kappa shape index (κ2) is 13.7. The Hall–Kier alpha value is -4.10. The van der Waals surface area contributed by atoms with Crippen LogP contribution in [0.4, 0.5) is 5.69 Å². The summed E-state index contributed by atoms with van der Waals surface area (Å²) in [6, 6.07) is 24.5. The lowest BCUT2D eigenvalue weighted by Crippen LogP contribution is -2.31. The first-order valence-corrected chi connectivity index (χ1v) is 14.4. The van der Waals surface area contributed by atoms with Gasteiger partial charge in [0.25, 0.3) is 5.91 Å². The summed E-state index contributed by atoms with van der Waals surface area (Å²) in [4.78, 5) is 23.8. The SMILES string of the molecule is CC(=O)O[C@@H](C)C(=O)Nc1cccc([C@@H]2O[C@H](CSc3nnnn3-c3ccccc3)C[C@H](c3ccc(CO)cc3)O2)c1. The molecule has 12 heteroatoms. The van der Waals surface area contributed by atoms with Gasteiger partial charge in [-0.3, -0.25) is 9.59 Å². The first-order valence-electron chi connectivity index (χ1n) is 13.4. The molecule has 1 aromatic heterocycles. The first kappa shape index (κ1) is 29.4. The number of nitrogens with one attached hydrogen (secondary N) is 1. The summed E-state index contributed by atoms with van der Waals surface area (Å²) in [5.41, 5.74) is 3.87. The van der Waals surface area contributed by atoms with Gasteiger partial charge in [0.15, 0.2) is 12.4 Å². The van der Waals surface area contributed by atoms with Crippen LogP contribution in [-0.4, -0.2) is 55.2 Å². The Morgan fingerprint density at radius 3 is 2.60 bits per heavy atom. The van der Waals surface area contributed by atoms with E-state index in [2.05, 4.69) is 20.8 Å². The third-order valence-electron chi connectivity index (χ3n) is 6.59. The zero-order valence-electron chi connectivity index (χ0n) is 23.1. The second-order valence-electron chi connectivity index (χ2n) is 9.74. The van der Waals surface area contributed by atoms with Crippen molar-refractivity contribution in [3.05, 3.63) is 95.6 Å². The molecule has 4 aromatic rings. The highest BCUT2D eigenvalue weighted by Crippen LogP contribution is 2.39. The molecule has 11 nitrogen and oxygen atoms in total. The van der Waals surface area contributed by atoms with E-state index in [4.69, 9.17) is 14.2 Å². The molecule has 0 aliphatic carbocycles. The summed E-state index contributed by atoms with van der Waals surface area (Å²) in [6.07, 6.45) is -1.58. The number of anilines is 1. The zero-order valence-corrected chi connectivity index (χ0v) is 23.9. The fourth-order valence-electron chi connectivity index (χ4n) is 4.50. The summed E-state index contributed by atoms with van der Waals surface area (Å²) < 4.78 is 19.5. The molecule has 1 fully saturated rings. The van der Waals surface area contributed by atoms with Crippen molar-refractivity contribution in [2.24, 2.45) is 0 Å². The van der Waals surface area contributed by atoms with Crippen LogP contribution >= 0.6 is 11.8 Å². The summed E-state index contributed by atoms with van der Waals surface area (Å²) in [6.45, 7) is 2.73. The van der Waals surface area contributed by atoms with E-state index in [1.54, 1.807) is 22.9 Å². The van der Waals surface area contributed by atoms with E-state index in [1.165, 1.54) is 25.6 Å². The van der Waals surface area contributed by atoms with Crippen molar-refractivity contribution in [3.63, 3.8) is 0 Å². The van der Waals surface area contributed by atoms with Crippen LogP contribution in [0.2, 0.25) is 0 Å². The number of amides is 1. The van der Waals surface area contributed by atoms with Gasteiger partial charge in [-0.2, -0.15) is 4.68 Å². The average molecular weight is 590 g/mol. The number of thioether (sulfide) groups is 1. The van der Waals surface area contributed by atoms with Crippen molar-refractivity contribution in [1.29, 1.82) is 0 Å². The lowest BCUT2D eigenvalue weighted by Gasteiger charge is -2.36. The molecule has 2 N–H and O–H groups in total. The lowest BCUT2D eigenvalue weighted by atomic mass is 10.0. The van der Waals surface area contributed by atoms with Crippen LogP contribution in [-0.2, 0) is 30.4 Å². The second-order valence-corrected chi connectivity index (χ2v) is 10.7. The normalized spacial score (nSPS) is 19.2. The Morgan fingerprint density at radius 1 is 1.07 bits per heavy atom. The average Bonchev–Trinajstić information content (AvgIpc) is 3.49. The van der Waals surface area contributed by atoms with E-state index < -0.39 is 24.3 Å². The number of benzene rings is 3. The number of hydrogen-bond donors (Lipinski definition) is 2. The van der Waals surface area contributed by atoms with Crippen LogP contribution in [0.15, 0.2) is 84.0 Å². The van der Waals surface area contributed by atoms with E-state index >= 15 is 0 Å². The van der Waals surface area contributed by atoms with Gasteiger partial charge in [0, 0.05) is 30.3 Å². The summed E-state index contributed by atoms with van der Waals surface area (Å²) in [5.74, 6) is -0.412. The highest BCUT2D eigenvalue weighted by atomic mass is 32.2. The molecular formula is C30H31N5O6S. The minimum absolute atomic E-state index is 0.0402. The molecule has 0 unspecified atom stereocenters. The van der Waals surface area contributed by atoms with Crippen LogP contribution in [0.5, 0.6) is 0 Å². The molecule has 0 saturated carbocycles. The number of hydrogen-bond acceptors (Lipinski definition) is 10. The largest absolute Gasteiger partial charge is 0.453 e. The Labute approximate surface area is 247 Å². The number of esters is 1. The maximum atomic E-state index is 12.5. The van der Waals surface area contributed by atoms with Crippen LogP contribution in [0.25, 0.3) is 5.69 Å². The summed E-state index contributed by atoms with van der Waals surface area (Å²) >= 11 is 1.49. The molecule has 1 saturated heterocycles. The molecular weight excluding hydrogens is 558 g/mol. The van der Waals surface area contributed by atoms with Crippen molar-refractivity contribution in [2.45, 2.75) is 56.6 Å². The van der Waals surface area contributed by atoms with Gasteiger partial charge in [0.1, 0.15) is 0 Å². The molecule has 0 radical (unpaired) electrons. The number of aliphatic hydroxyl groups is 1. The Kier molecular flexibility index (Phi) is 9.59. The number of para-hydroxylation sites is 1. The smallest absolute Gasteiger partial charge is 0.303 e. The molecule has 4 atom stereocenters. The van der Waals surface area contributed by atoms with Crippen molar-refractivity contribution < 1.29 is 28.9 Å². The Bertz CT molecular complexity index is 1500. The van der Waals surface area contributed by atoms with Gasteiger partial charge in [0.2, 0.25) is 5.16 Å². The molecule has 0 spiro atoms. The standard InChI is InChI=1S/C30H31N5O6S/c1-19(39-20(2)37)28(38)31-24-8-6-7-23(15-24)29-40-26(16-27(41-29)22-13-11-21(17-36)12-14-22)18-42-30-32-33-34-35(30)25-9-4-3-5-10-25/h3-15,19,26-27,29,36H,16-18H2,1-2H3,(H,31,38)/t19-,26-,27+,29+/m0/s1. The van der Waals surface area contributed by atoms with E-state index in [0.29, 0.717) is 28.6 Å². The Morgan fingerprint density at radius 2 is 1.86 bits per heavy atom. The number of ether oxygens (including phenoxy) is 3. The third-order valence-corrected chi connectivity index (χ3v) is 7.64. The Balaban J connectivity index is 1.34. The molecule has 1 aliphatic heterocycles. The quantitative estimate of drug-likeness (QED) is 0.202. The number of nitrogens with zero attached hydrogens (tertiary/aromatic N) is 4. The van der Waals surface area contributed by atoms with E-state index in [9.17, 15) is 14.7 Å². The van der Waals surface area contributed by atoms with Gasteiger partial charge in [-0.05, 0) is 52.7 Å². The maximum absolute atomic E-state index is 12.5. The van der Waals surface area contributed by atoms with Gasteiger partial charge in [0.05, 0.1) is 24.5 Å². The number of rotatable bonds is 10. The molecule has 1 amide bonds. The summed E-state index contributed by atoms with van der Waals surface area (Å²) in [5, 5.41) is 25.1. The van der Waals surface area contributed by atoms with Crippen molar-refractivity contribution in [2.75, 3.05) is 11.1 Å². The van der Waals surface area contributed by atoms with Gasteiger partial charge in [-0.1, -0.05) is 66.4 Å². The van der Waals surface area contributed by atoms with E-state index in [0.717, 1.165) is 16.8 Å². The van der Waals surface area contributed by atoms with Gasteiger partial charge < -0.3 is 24.6 Å². The predicted molar refractivity (Wildman–Crippen MR) is 155 cm³/mol. The maximum Gasteiger partial charge on any atom is 0.303 e. The minimum atomic E-state index is -0.937. The number of aromatic nitrogens is 4. The monoisotopic (exact) mass is 589 g/mol. The van der Waals surface area contributed by atoms with Crippen LogP contribution < -0.4 is 5.32 Å². The molecule has 2 heterocycles.